The van der Waals surface area contributed by atoms with Crippen LogP contribution in [0.1, 0.15) is 71.1 Å². The maximum absolute atomic E-state index is 5.93. The summed E-state index contributed by atoms with van der Waals surface area (Å²) in [5.74, 6) is 1.84. The molecule has 1 N–H and O–H groups in total. The Hall–Kier alpha value is -1.02. The first-order chi connectivity index (χ1) is 11.9. The predicted molar refractivity (Wildman–Crippen MR) is 105 cm³/mol. The van der Waals surface area contributed by atoms with Crippen molar-refractivity contribution in [3.8, 4) is 0 Å². The van der Waals surface area contributed by atoms with Crippen LogP contribution in [0.2, 0.25) is 0 Å². The van der Waals surface area contributed by atoms with Gasteiger partial charge in [0.1, 0.15) is 0 Å². The quantitative estimate of drug-likeness (QED) is 0.455. The molecule has 0 unspecified atom stereocenters. The lowest BCUT2D eigenvalue weighted by Crippen LogP contribution is -2.19. The summed E-state index contributed by atoms with van der Waals surface area (Å²) in [6.45, 7) is 5.25. The fraction of sp³-hybridized carbons (Fsp3) is 0.727. The van der Waals surface area contributed by atoms with Crippen LogP contribution >= 0.6 is 0 Å². The second-order valence-electron chi connectivity index (χ2n) is 7.46. The SMILES string of the molecule is CCCCCC1CCC(COCCCCNc2ccccc2)CC1. The van der Waals surface area contributed by atoms with Gasteiger partial charge in [0.05, 0.1) is 0 Å². The number of anilines is 1. The van der Waals surface area contributed by atoms with Crippen LogP contribution in [-0.2, 0) is 4.74 Å². The third-order valence-electron chi connectivity index (χ3n) is 5.35. The minimum absolute atomic E-state index is 0.829. The molecule has 24 heavy (non-hydrogen) atoms. The number of rotatable bonds is 12. The van der Waals surface area contributed by atoms with Gasteiger partial charge in [-0.05, 0) is 49.7 Å². The van der Waals surface area contributed by atoms with Crippen molar-refractivity contribution < 1.29 is 4.74 Å². The minimum Gasteiger partial charge on any atom is -0.385 e. The van der Waals surface area contributed by atoms with Crippen molar-refractivity contribution in [1.29, 1.82) is 0 Å². The van der Waals surface area contributed by atoms with Gasteiger partial charge >= 0.3 is 0 Å². The molecule has 0 atom stereocenters. The lowest BCUT2D eigenvalue weighted by Gasteiger charge is -2.28. The lowest BCUT2D eigenvalue weighted by molar-refractivity contribution is 0.0748. The Morgan fingerprint density at radius 2 is 1.67 bits per heavy atom. The predicted octanol–water partition coefficient (Wildman–Crippen LogP) is 6.28. The van der Waals surface area contributed by atoms with E-state index in [2.05, 4.69) is 42.6 Å². The molecule has 0 saturated heterocycles. The van der Waals surface area contributed by atoms with Gasteiger partial charge in [-0.1, -0.05) is 63.6 Å². The first-order valence-electron chi connectivity index (χ1n) is 10.2. The molecule has 2 nitrogen and oxygen atoms in total. The molecule has 0 aromatic heterocycles. The van der Waals surface area contributed by atoms with Crippen LogP contribution in [0.4, 0.5) is 5.69 Å². The zero-order chi connectivity index (χ0) is 16.9. The molecule has 1 aliphatic carbocycles. The number of hydrogen-bond donors (Lipinski definition) is 1. The topological polar surface area (TPSA) is 21.3 Å². The van der Waals surface area contributed by atoms with Crippen molar-refractivity contribution in [1.82, 2.24) is 0 Å². The summed E-state index contributed by atoms with van der Waals surface area (Å²) in [4.78, 5) is 0. The molecule has 0 aliphatic heterocycles. The van der Waals surface area contributed by atoms with Gasteiger partial charge < -0.3 is 10.1 Å². The van der Waals surface area contributed by atoms with E-state index in [1.807, 2.05) is 0 Å². The highest BCUT2D eigenvalue weighted by molar-refractivity contribution is 5.42. The van der Waals surface area contributed by atoms with Crippen LogP contribution < -0.4 is 5.32 Å². The van der Waals surface area contributed by atoms with Crippen molar-refractivity contribution >= 4 is 5.69 Å². The highest BCUT2D eigenvalue weighted by Crippen LogP contribution is 2.32. The van der Waals surface area contributed by atoms with Crippen LogP contribution in [0.3, 0.4) is 0 Å². The Balaban J connectivity index is 1.40. The van der Waals surface area contributed by atoms with Crippen molar-refractivity contribution in [3.63, 3.8) is 0 Å². The molecule has 1 aromatic rings. The zero-order valence-electron chi connectivity index (χ0n) is 15.6. The summed E-state index contributed by atoms with van der Waals surface area (Å²) in [6.07, 6.45) is 13.7. The number of hydrogen-bond acceptors (Lipinski definition) is 2. The second kappa shape index (κ2) is 12.4. The first kappa shape index (κ1) is 19.3. The van der Waals surface area contributed by atoms with Crippen molar-refractivity contribution in [2.24, 2.45) is 11.8 Å². The third kappa shape index (κ3) is 8.19. The van der Waals surface area contributed by atoms with Gasteiger partial charge in [-0.3, -0.25) is 0 Å². The highest BCUT2D eigenvalue weighted by Gasteiger charge is 2.20. The van der Waals surface area contributed by atoms with E-state index < -0.39 is 0 Å². The minimum atomic E-state index is 0.829. The molecule has 136 valence electrons. The molecule has 1 saturated carbocycles. The highest BCUT2D eigenvalue weighted by atomic mass is 16.5. The van der Waals surface area contributed by atoms with Crippen LogP contribution in [0.15, 0.2) is 30.3 Å². The van der Waals surface area contributed by atoms with Crippen molar-refractivity contribution in [2.75, 3.05) is 25.1 Å². The largest absolute Gasteiger partial charge is 0.385 e. The molecule has 0 amide bonds. The maximum atomic E-state index is 5.93. The van der Waals surface area contributed by atoms with Gasteiger partial charge in [-0.2, -0.15) is 0 Å². The fourth-order valence-electron chi connectivity index (χ4n) is 3.74. The van der Waals surface area contributed by atoms with Gasteiger partial charge in [0.25, 0.3) is 0 Å². The molecule has 0 radical (unpaired) electrons. The second-order valence-corrected chi connectivity index (χ2v) is 7.46. The normalized spacial score (nSPS) is 20.9. The van der Waals surface area contributed by atoms with E-state index in [-0.39, 0.29) is 0 Å². The summed E-state index contributed by atoms with van der Waals surface area (Å²) in [7, 11) is 0. The molecule has 1 fully saturated rings. The van der Waals surface area contributed by atoms with Crippen LogP contribution in [-0.4, -0.2) is 19.8 Å². The van der Waals surface area contributed by atoms with E-state index >= 15 is 0 Å². The molecule has 0 heterocycles. The number of ether oxygens (including phenoxy) is 1. The average molecular weight is 332 g/mol. The summed E-state index contributed by atoms with van der Waals surface area (Å²) < 4.78 is 5.93. The van der Waals surface area contributed by atoms with E-state index in [0.717, 1.165) is 38.0 Å². The zero-order valence-corrected chi connectivity index (χ0v) is 15.6. The van der Waals surface area contributed by atoms with Crippen LogP contribution in [0, 0.1) is 11.8 Å². The smallest absolute Gasteiger partial charge is 0.0494 e. The molecule has 2 rings (SSSR count). The van der Waals surface area contributed by atoms with Gasteiger partial charge in [-0.25, -0.2) is 0 Å². The Labute approximate surface area is 149 Å². The number of nitrogens with one attached hydrogen (secondary N) is 1. The molecule has 1 aliphatic rings. The monoisotopic (exact) mass is 331 g/mol. The average Bonchev–Trinajstić information content (AvgIpc) is 2.63. The number of para-hydroxylation sites is 1. The molecule has 2 heteroatoms. The molecular formula is C22H37NO. The molecular weight excluding hydrogens is 294 g/mol. The summed E-state index contributed by atoms with van der Waals surface area (Å²) in [5.41, 5.74) is 1.22. The first-order valence-corrected chi connectivity index (χ1v) is 10.2. The number of benzene rings is 1. The van der Waals surface area contributed by atoms with Crippen molar-refractivity contribution in [2.45, 2.75) is 71.1 Å². The molecule has 0 spiro atoms. The van der Waals surface area contributed by atoms with Gasteiger partial charge in [0, 0.05) is 25.4 Å². The van der Waals surface area contributed by atoms with E-state index in [1.165, 1.54) is 63.5 Å². The number of unbranched alkanes of at least 4 members (excludes halogenated alkanes) is 3. The standard InChI is InChI=1S/C22H37NO/c1-2-3-5-10-20-13-15-21(16-14-20)19-24-18-9-8-17-23-22-11-6-4-7-12-22/h4,6-7,11-12,20-21,23H,2-3,5,8-10,13-19H2,1H3. The lowest BCUT2D eigenvalue weighted by atomic mass is 9.80. The Bertz CT molecular complexity index is 398. The summed E-state index contributed by atoms with van der Waals surface area (Å²) >= 11 is 0. The Kier molecular flexibility index (Phi) is 9.94. The van der Waals surface area contributed by atoms with Crippen LogP contribution in [0.5, 0.6) is 0 Å². The van der Waals surface area contributed by atoms with Crippen LogP contribution in [0.25, 0.3) is 0 Å². The van der Waals surface area contributed by atoms with Crippen molar-refractivity contribution in [3.05, 3.63) is 30.3 Å². The summed E-state index contributed by atoms with van der Waals surface area (Å²) in [6, 6.07) is 10.4. The van der Waals surface area contributed by atoms with E-state index in [9.17, 15) is 0 Å². The van der Waals surface area contributed by atoms with E-state index in [0.29, 0.717) is 0 Å². The molecule has 0 bridgehead atoms. The summed E-state index contributed by atoms with van der Waals surface area (Å²) in [5, 5.41) is 3.46. The maximum Gasteiger partial charge on any atom is 0.0494 e. The third-order valence-corrected chi connectivity index (χ3v) is 5.35. The van der Waals surface area contributed by atoms with Gasteiger partial charge in [0.2, 0.25) is 0 Å². The van der Waals surface area contributed by atoms with Gasteiger partial charge in [0.15, 0.2) is 0 Å². The Morgan fingerprint density at radius 1 is 0.917 bits per heavy atom. The molecule has 1 aromatic carbocycles. The Morgan fingerprint density at radius 3 is 2.42 bits per heavy atom. The fourth-order valence-corrected chi connectivity index (χ4v) is 3.74. The van der Waals surface area contributed by atoms with E-state index in [1.54, 1.807) is 0 Å². The van der Waals surface area contributed by atoms with E-state index in [4.69, 9.17) is 4.74 Å². The van der Waals surface area contributed by atoms with Gasteiger partial charge in [-0.15, -0.1) is 0 Å².